The summed E-state index contributed by atoms with van der Waals surface area (Å²) in [6.07, 6.45) is 2.89. The van der Waals surface area contributed by atoms with E-state index >= 15 is 0 Å². The molecule has 1 heterocycles. The van der Waals surface area contributed by atoms with Gasteiger partial charge >= 0.3 is 0 Å². The molecule has 0 saturated carbocycles. The first kappa shape index (κ1) is 13.3. The van der Waals surface area contributed by atoms with Crippen molar-refractivity contribution in [2.75, 3.05) is 6.54 Å². The SMILES string of the molecule is CCNC(Cc1ccn(C)n1)c1cccc(Br)c1. The highest BCUT2D eigenvalue weighted by Crippen LogP contribution is 2.21. The first-order valence-corrected chi connectivity index (χ1v) is 6.95. The fourth-order valence-corrected chi connectivity index (χ4v) is 2.48. The predicted octanol–water partition coefficient (Wildman–Crippen LogP) is 3.08. The maximum Gasteiger partial charge on any atom is 0.0643 e. The number of hydrogen-bond acceptors (Lipinski definition) is 2. The molecule has 96 valence electrons. The van der Waals surface area contributed by atoms with Crippen molar-refractivity contribution in [3.05, 3.63) is 52.3 Å². The Labute approximate surface area is 116 Å². The van der Waals surface area contributed by atoms with Gasteiger partial charge in [0.15, 0.2) is 0 Å². The van der Waals surface area contributed by atoms with E-state index in [-0.39, 0.29) is 0 Å². The topological polar surface area (TPSA) is 29.9 Å². The number of halogens is 1. The van der Waals surface area contributed by atoms with E-state index < -0.39 is 0 Å². The van der Waals surface area contributed by atoms with Crippen molar-refractivity contribution in [1.82, 2.24) is 15.1 Å². The average molecular weight is 308 g/mol. The van der Waals surface area contributed by atoms with Crippen LogP contribution in [0.15, 0.2) is 41.0 Å². The van der Waals surface area contributed by atoms with Crippen LogP contribution in [0.3, 0.4) is 0 Å². The van der Waals surface area contributed by atoms with Gasteiger partial charge in [-0.2, -0.15) is 5.10 Å². The van der Waals surface area contributed by atoms with Gasteiger partial charge in [-0.25, -0.2) is 0 Å². The first-order chi connectivity index (χ1) is 8.69. The zero-order valence-electron chi connectivity index (χ0n) is 10.7. The van der Waals surface area contributed by atoms with Gasteiger partial charge in [0.2, 0.25) is 0 Å². The van der Waals surface area contributed by atoms with Crippen molar-refractivity contribution in [2.24, 2.45) is 7.05 Å². The Morgan fingerprint density at radius 1 is 1.39 bits per heavy atom. The molecule has 4 heteroatoms. The Morgan fingerprint density at radius 3 is 2.83 bits per heavy atom. The minimum Gasteiger partial charge on any atom is -0.310 e. The van der Waals surface area contributed by atoms with Crippen LogP contribution in [0, 0.1) is 0 Å². The van der Waals surface area contributed by atoms with Crippen LogP contribution in [-0.4, -0.2) is 16.3 Å². The van der Waals surface area contributed by atoms with E-state index in [9.17, 15) is 0 Å². The highest BCUT2D eigenvalue weighted by Gasteiger charge is 2.12. The normalized spacial score (nSPS) is 12.6. The lowest BCUT2D eigenvalue weighted by Gasteiger charge is -2.17. The Balaban J connectivity index is 2.17. The van der Waals surface area contributed by atoms with Crippen molar-refractivity contribution in [2.45, 2.75) is 19.4 Å². The molecule has 0 amide bonds. The monoisotopic (exact) mass is 307 g/mol. The molecular weight excluding hydrogens is 290 g/mol. The Morgan fingerprint density at radius 2 is 2.22 bits per heavy atom. The molecule has 2 rings (SSSR count). The summed E-state index contributed by atoms with van der Waals surface area (Å²) in [5, 5.41) is 7.96. The van der Waals surface area contributed by atoms with Gasteiger partial charge in [-0.1, -0.05) is 35.0 Å². The van der Waals surface area contributed by atoms with Gasteiger partial charge in [-0.05, 0) is 30.3 Å². The van der Waals surface area contributed by atoms with E-state index in [1.807, 2.05) is 24.0 Å². The van der Waals surface area contributed by atoms with Gasteiger partial charge in [-0.15, -0.1) is 0 Å². The lowest BCUT2D eigenvalue weighted by atomic mass is 10.0. The fraction of sp³-hybridized carbons (Fsp3) is 0.357. The van der Waals surface area contributed by atoms with E-state index in [1.54, 1.807) is 0 Å². The fourth-order valence-electron chi connectivity index (χ4n) is 2.06. The largest absolute Gasteiger partial charge is 0.310 e. The highest BCUT2D eigenvalue weighted by atomic mass is 79.9. The standard InChI is InChI=1S/C14H18BrN3/c1-3-16-14(10-13-7-8-18(2)17-13)11-5-4-6-12(15)9-11/h4-9,14,16H,3,10H2,1-2H3. The van der Waals surface area contributed by atoms with Crippen molar-refractivity contribution >= 4 is 15.9 Å². The summed E-state index contributed by atoms with van der Waals surface area (Å²) >= 11 is 3.52. The maximum atomic E-state index is 4.45. The van der Waals surface area contributed by atoms with E-state index in [0.29, 0.717) is 6.04 Å². The number of hydrogen-bond donors (Lipinski definition) is 1. The number of nitrogens with zero attached hydrogens (tertiary/aromatic N) is 2. The minimum absolute atomic E-state index is 0.308. The smallest absolute Gasteiger partial charge is 0.0643 e. The number of aromatic nitrogens is 2. The molecule has 0 bridgehead atoms. The summed E-state index contributed by atoms with van der Waals surface area (Å²) < 4.78 is 2.96. The number of nitrogens with one attached hydrogen (secondary N) is 1. The van der Waals surface area contributed by atoms with Crippen LogP contribution in [0.4, 0.5) is 0 Å². The van der Waals surface area contributed by atoms with E-state index in [1.165, 1.54) is 5.56 Å². The van der Waals surface area contributed by atoms with Crippen LogP contribution >= 0.6 is 15.9 Å². The molecule has 0 saturated heterocycles. The molecular formula is C14H18BrN3. The van der Waals surface area contributed by atoms with Crippen molar-refractivity contribution in [3.8, 4) is 0 Å². The second kappa shape index (κ2) is 6.16. The maximum absolute atomic E-state index is 4.45. The van der Waals surface area contributed by atoms with Crippen molar-refractivity contribution in [3.63, 3.8) is 0 Å². The van der Waals surface area contributed by atoms with Crippen molar-refractivity contribution in [1.29, 1.82) is 0 Å². The van der Waals surface area contributed by atoms with Crippen molar-refractivity contribution < 1.29 is 0 Å². The van der Waals surface area contributed by atoms with Gasteiger partial charge in [0.25, 0.3) is 0 Å². The first-order valence-electron chi connectivity index (χ1n) is 6.16. The number of aryl methyl sites for hydroxylation is 1. The molecule has 1 aromatic carbocycles. The summed E-state index contributed by atoms with van der Waals surface area (Å²) in [6.45, 7) is 3.08. The molecule has 0 aliphatic rings. The van der Waals surface area contributed by atoms with Gasteiger partial charge in [0.1, 0.15) is 0 Å². The summed E-state index contributed by atoms with van der Waals surface area (Å²) in [6, 6.07) is 10.8. The molecule has 0 radical (unpaired) electrons. The van der Waals surface area contributed by atoms with Crippen LogP contribution in [0.25, 0.3) is 0 Å². The molecule has 18 heavy (non-hydrogen) atoms. The van der Waals surface area contributed by atoms with Gasteiger partial charge in [-0.3, -0.25) is 4.68 Å². The molecule has 1 N–H and O–H groups in total. The molecule has 0 aliphatic carbocycles. The van der Waals surface area contributed by atoms with Crippen LogP contribution in [0.5, 0.6) is 0 Å². The second-order valence-electron chi connectivity index (χ2n) is 4.35. The Kier molecular flexibility index (Phi) is 4.55. The molecule has 1 unspecified atom stereocenters. The lowest BCUT2D eigenvalue weighted by molar-refractivity contribution is 0.539. The lowest BCUT2D eigenvalue weighted by Crippen LogP contribution is -2.23. The van der Waals surface area contributed by atoms with Crippen LogP contribution in [-0.2, 0) is 13.5 Å². The van der Waals surface area contributed by atoms with Gasteiger partial charge < -0.3 is 5.32 Å². The average Bonchev–Trinajstić information content (AvgIpc) is 2.74. The summed E-state index contributed by atoms with van der Waals surface area (Å²) in [5.74, 6) is 0. The van der Waals surface area contributed by atoms with Crippen LogP contribution in [0.2, 0.25) is 0 Å². The molecule has 0 spiro atoms. The summed E-state index contributed by atoms with van der Waals surface area (Å²) in [7, 11) is 1.95. The van der Waals surface area contributed by atoms with Gasteiger partial charge in [0.05, 0.1) is 5.69 Å². The number of likely N-dealkylation sites (N-methyl/N-ethyl adjacent to an activating group) is 1. The predicted molar refractivity (Wildman–Crippen MR) is 77.5 cm³/mol. The second-order valence-corrected chi connectivity index (χ2v) is 5.27. The number of rotatable bonds is 5. The number of benzene rings is 1. The summed E-state index contributed by atoms with van der Waals surface area (Å²) in [4.78, 5) is 0. The third kappa shape index (κ3) is 3.43. The zero-order valence-corrected chi connectivity index (χ0v) is 12.3. The third-order valence-corrected chi connectivity index (χ3v) is 3.38. The highest BCUT2D eigenvalue weighted by molar-refractivity contribution is 9.10. The molecule has 3 nitrogen and oxygen atoms in total. The van der Waals surface area contributed by atoms with E-state index in [2.05, 4.69) is 57.5 Å². The molecule has 1 atom stereocenters. The molecule has 0 aliphatic heterocycles. The van der Waals surface area contributed by atoms with Crippen LogP contribution in [0.1, 0.15) is 24.2 Å². The Bertz CT molecular complexity index is 507. The van der Waals surface area contributed by atoms with E-state index in [0.717, 1.165) is 23.1 Å². The quantitative estimate of drug-likeness (QED) is 0.920. The van der Waals surface area contributed by atoms with E-state index in [4.69, 9.17) is 0 Å². The van der Waals surface area contributed by atoms with Crippen LogP contribution < -0.4 is 5.32 Å². The molecule has 0 fully saturated rings. The molecule has 1 aromatic heterocycles. The minimum atomic E-state index is 0.308. The molecule has 2 aromatic rings. The Hall–Kier alpha value is -1.13. The zero-order chi connectivity index (χ0) is 13.0. The summed E-state index contributed by atoms with van der Waals surface area (Å²) in [5.41, 5.74) is 2.40. The van der Waals surface area contributed by atoms with Gasteiger partial charge in [0, 0.05) is 30.2 Å². The third-order valence-electron chi connectivity index (χ3n) is 2.88.